The van der Waals surface area contributed by atoms with Crippen molar-refractivity contribution in [2.45, 2.75) is 38.6 Å². The molecule has 0 bridgehead atoms. The highest BCUT2D eigenvalue weighted by Gasteiger charge is 2.28. The molecular formula is C24H22N6O2. The molecule has 1 aliphatic rings. The van der Waals surface area contributed by atoms with E-state index in [1.54, 1.807) is 24.4 Å². The maximum absolute atomic E-state index is 12.2. The van der Waals surface area contributed by atoms with E-state index in [1.165, 1.54) is 0 Å². The number of pyridine rings is 1. The Hall–Kier alpha value is -3.99. The number of benzene rings is 1. The minimum atomic E-state index is -0.250. The van der Waals surface area contributed by atoms with Crippen LogP contribution in [-0.4, -0.2) is 37.4 Å². The number of fused-ring (bicyclic) bond motifs is 1. The van der Waals surface area contributed by atoms with E-state index in [2.05, 4.69) is 40.3 Å². The van der Waals surface area contributed by atoms with Gasteiger partial charge in [-0.3, -0.25) is 4.79 Å². The van der Waals surface area contributed by atoms with E-state index >= 15 is 0 Å². The number of hydrogen-bond donors (Lipinski definition) is 1. The number of terminal acetylenes is 1. The largest absolute Gasteiger partial charge is 0.341 e. The molecule has 0 atom stereocenters. The summed E-state index contributed by atoms with van der Waals surface area (Å²) < 4.78 is 7.57. The summed E-state index contributed by atoms with van der Waals surface area (Å²) in [5.41, 5.74) is 3.84. The Morgan fingerprint density at radius 2 is 2.16 bits per heavy atom. The van der Waals surface area contributed by atoms with Crippen molar-refractivity contribution in [1.29, 1.82) is 0 Å². The van der Waals surface area contributed by atoms with Crippen LogP contribution in [0.3, 0.4) is 0 Å². The van der Waals surface area contributed by atoms with Gasteiger partial charge in [0.1, 0.15) is 0 Å². The van der Waals surface area contributed by atoms with Gasteiger partial charge in [-0.05, 0) is 44.9 Å². The Kier molecular flexibility index (Phi) is 4.94. The average molecular weight is 426 g/mol. The third kappa shape index (κ3) is 3.62. The summed E-state index contributed by atoms with van der Waals surface area (Å²) in [4.78, 5) is 21.7. The second-order valence-electron chi connectivity index (χ2n) is 8.18. The topological polar surface area (TPSA) is 98.7 Å². The molecule has 1 fully saturated rings. The van der Waals surface area contributed by atoms with Crippen molar-refractivity contribution in [3.05, 3.63) is 47.8 Å². The molecule has 5 rings (SSSR count). The smallest absolute Gasteiger partial charge is 0.259 e. The van der Waals surface area contributed by atoms with Gasteiger partial charge in [0.25, 0.3) is 11.8 Å². The summed E-state index contributed by atoms with van der Waals surface area (Å²) in [5.74, 6) is 3.42. The van der Waals surface area contributed by atoms with E-state index in [9.17, 15) is 4.79 Å². The van der Waals surface area contributed by atoms with Crippen molar-refractivity contribution >= 4 is 16.9 Å². The molecule has 1 aliphatic carbocycles. The third-order valence-electron chi connectivity index (χ3n) is 5.46. The van der Waals surface area contributed by atoms with Gasteiger partial charge in [0.05, 0.1) is 23.7 Å². The fourth-order valence-corrected chi connectivity index (χ4v) is 3.66. The predicted octanol–water partition coefficient (Wildman–Crippen LogP) is 3.97. The molecule has 1 N–H and O–H groups in total. The second kappa shape index (κ2) is 7.93. The maximum Gasteiger partial charge on any atom is 0.259 e. The molecule has 0 unspecified atom stereocenters. The summed E-state index contributed by atoms with van der Waals surface area (Å²) in [5, 5.41) is 12.2. The lowest BCUT2D eigenvalue weighted by molar-refractivity contribution is 0.0958. The zero-order valence-electron chi connectivity index (χ0n) is 17.9. The quantitative estimate of drug-likeness (QED) is 0.469. The van der Waals surface area contributed by atoms with Crippen molar-refractivity contribution < 1.29 is 9.32 Å². The Labute approximate surface area is 185 Å². The van der Waals surface area contributed by atoms with Crippen molar-refractivity contribution in [2.24, 2.45) is 0 Å². The van der Waals surface area contributed by atoms with Crippen molar-refractivity contribution in [3.63, 3.8) is 0 Å². The Morgan fingerprint density at radius 3 is 2.91 bits per heavy atom. The molecule has 160 valence electrons. The van der Waals surface area contributed by atoms with E-state index in [1.807, 2.05) is 16.8 Å². The Morgan fingerprint density at radius 1 is 1.31 bits per heavy atom. The van der Waals surface area contributed by atoms with Crippen LogP contribution >= 0.6 is 0 Å². The van der Waals surface area contributed by atoms with Gasteiger partial charge in [-0.25, -0.2) is 9.67 Å². The SMILES string of the molecule is C#CCNC(=O)c1cccc(-c2noc(-c3cc(C4CC4)nc4c3cnn4C(C)C)n2)c1. The van der Waals surface area contributed by atoms with Gasteiger partial charge in [0, 0.05) is 28.8 Å². The van der Waals surface area contributed by atoms with Gasteiger partial charge in [-0.15, -0.1) is 6.42 Å². The number of rotatable bonds is 6. The number of carbonyl (C=O) groups excluding carboxylic acids is 1. The monoisotopic (exact) mass is 426 g/mol. The summed E-state index contributed by atoms with van der Waals surface area (Å²) >= 11 is 0. The van der Waals surface area contributed by atoms with Crippen molar-refractivity contribution in [1.82, 2.24) is 30.2 Å². The van der Waals surface area contributed by atoms with Gasteiger partial charge in [-0.1, -0.05) is 23.2 Å². The molecule has 0 aliphatic heterocycles. The minimum Gasteiger partial charge on any atom is -0.341 e. The molecule has 3 aromatic heterocycles. The van der Waals surface area contributed by atoms with Crippen LogP contribution in [0.1, 0.15) is 54.7 Å². The summed E-state index contributed by atoms with van der Waals surface area (Å²) in [7, 11) is 0. The number of aromatic nitrogens is 5. The Balaban J connectivity index is 1.54. The van der Waals surface area contributed by atoms with E-state index < -0.39 is 0 Å². The van der Waals surface area contributed by atoms with Crippen LogP contribution in [0, 0.1) is 12.3 Å². The molecule has 8 heteroatoms. The maximum atomic E-state index is 12.2. The van der Waals surface area contributed by atoms with Crippen molar-refractivity contribution in [3.8, 4) is 35.2 Å². The summed E-state index contributed by atoms with van der Waals surface area (Å²) in [6, 6.07) is 9.26. The number of amides is 1. The molecule has 1 saturated carbocycles. The molecule has 0 spiro atoms. The molecule has 3 heterocycles. The predicted molar refractivity (Wildman–Crippen MR) is 120 cm³/mol. The molecule has 0 radical (unpaired) electrons. The van der Waals surface area contributed by atoms with Gasteiger partial charge in [0.15, 0.2) is 5.65 Å². The zero-order chi connectivity index (χ0) is 22.2. The standard InChI is InChI=1S/C24H22N6O2/c1-4-10-25-23(31)17-7-5-6-16(11-17)21-28-24(32-29-21)18-12-20(15-8-9-15)27-22-19(18)13-26-30(22)14(2)3/h1,5-7,11-15H,8-10H2,2-3H3,(H,25,31). The van der Waals surface area contributed by atoms with Crippen LogP contribution < -0.4 is 5.32 Å². The van der Waals surface area contributed by atoms with Crippen LogP contribution in [0.2, 0.25) is 0 Å². The van der Waals surface area contributed by atoms with Gasteiger partial charge in [0.2, 0.25) is 5.82 Å². The van der Waals surface area contributed by atoms with Crippen LogP contribution in [0.4, 0.5) is 0 Å². The second-order valence-corrected chi connectivity index (χ2v) is 8.18. The molecule has 8 nitrogen and oxygen atoms in total. The molecule has 1 aromatic carbocycles. The molecular weight excluding hydrogens is 404 g/mol. The lowest BCUT2D eigenvalue weighted by Crippen LogP contribution is -2.23. The minimum absolute atomic E-state index is 0.168. The van der Waals surface area contributed by atoms with Crippen molar-refractivity contribution in [2.75, 3.05) is 6.54 Å². The first kappa shape index (κ1) is 19.9. The highest BCUT2D eigenvalue weighted by atomic mass is 16.5. The summed E-state index contributed by atoms with van der Waals surface area (Å²) in [6.07, 6.45) is 9.29. The number of nitrogens with one attached hydrogen (secondary N) is 1. The van der Waals surface area contributed by atoms with Gasteiger partial charge in [-0.2, -0.15) is 10.1 Å². The van der Waals surface area contributed by atoms with E-state index in [0.717, 1.165) is 35.1 Å². The zero-order valence-corrected chi connectivity index (χ0v) is 17.9. The highest BCUT2D eigenvalue weighted by Crippen LogP contribution is 2.42. The first-order chi connectivity index (χ1) is 15.5. The molecule has 4 aromatic rings. The Bertz CT molecular complexity index is 1360. The molecule has 32 heavy (non-hydrogen) atoms. The van der Waals surface area contributed by atoms with Crippen LogP contribution in [-0.2, 0) is 0 Å². The fourth-order valence-electron chi connectivity index (χ4n) is 3.66. The van der Waals surface area contributed by atoms with Crippen LogP contribution in [0.25, 0.3) is 33.9 Å². The molecule has 0 saturated heterocycles. The lowest BCUT2D eigenvalue weighted by Gasteiger charge is -2.08. The average Bonchev–Trinajstić information content (AvgIpc) is 3.37. The number of hydrogen-bond acceptors (Lipinski definition) is 6. The summed E-state index contributed by atoms with van der Waals surface area (Å²) in [6.45, 7) is 4.32. The fraction of sp³-hybridized carbons (Fsp3) is 0.292. The van der Waals surface area contributed by atoms with Crippen LogP contribution in [0.15, 0.2) is 41.1 Å². The van der Waals surface area contributed by atoms with E-state index in [4.69, 9.17) is 15.9 Å². The lowest BCUT2D eigenvalue weighted by atomic mass is 10.1. The number of carbonyl (C=O) groups is 1. The van der Waals surface area contributed by atoms with Gasteiger partial charge >= 0.3 is 0 Å². The first-order valence-corrected chi connectivity index (χ1v) is 10.6. The van der Waals surface area contributed by atoms with Gasteiger partial charge < -0.3 is 9.84 Å². The third-order valence-corrected chi connectivity index (χ3v) is 5.46. The first-order valence-electron chi connectivity index (χ1n) is 10.6. The highest BCUT2D eigenvalue weighted by molar-refractivity contribution is 5.95. The van der Waals surface area contributed by atoms with E-state index in [-0.39, 0.29) is 18.5 Å². The number of nitrogens with zero attached hydrogens (tertiary/aromatic N) is 5. The van der Waals surface area contributed by atoms with Crippen LogP contribution in [0.5, 0.6) is 0 Å². The van der Waals surface area contributed by atoms with E-state index in [0.29, 0.717) is 28.8 Å². The molecule has 1 amide bonds. The normalized spacial score (nSPS) is 13.4.